The first-order chi connectivity index (χ1) is 14.0. The molecular weight excluding hydrogens is 376 g/mol. The SMILES string of the molecule is Cc1ccc2c(c1C)CCN(CCCN(C)CCc1cc3ccccc3s1)C2=O. The zero-order chi connectivity index (χ0) is 20.4. The Kier molecular flexibility index (Phi) is 6.02. The molecule has 1 aromatic heterocycles. The lowest BCUT2D eigenvalue weighted by molar-refractivity contribution is 0.0733. The van der Waals surface area contributed by atoms with Gasteiger partial charge in [-0.05, 0) is 87.0 Å². The Bertz CT molecular complexity index is 990. The molecule has 2 aromatic carbocycles. The van der Waals surface area contributed by atoms with E-state index in [1.165, 1.54) is 31.7 Å². The fourth-order valence-electron chi connectivity index (χ4n) is 4.23. The highest BCUT2D eigenvalue weighted by Crippen LogP contribution is 2.26. The van der Waals surface area contributed by atoms with Gasteiger partial charge in [0.25, 0.3) is 5.91 Å². The molecule has 152 valence electrons. The first-order valence-corrected chi connectivity index (χ1v) is 11.4. The number of benzene rings is 2. The first-order valence-electron chi connectivity index (χ1n) is 10.6. The minimum absolute atomic E-state index is 0.210. The molecule has 0 saturated heterocycles. The summed E-state index contributed by atoms with van der Waals surface area (Å²) in [5.41, 5.74) is 4.74. The van der Waals surface area contributed by atoms with E-state index in [0.29, 0.717) is 0 Å². The zero-order valence-electron chi connectivity index (χ0n) is 17.7. The van der Waals surface area contributed by atoms with Crippen LogP contribution in [0, 0.1) is 13.8 Å². The Balaban J connectivity index is 1.25. The third-order valence-corrected chi connectivity index (χ3v) is 7.38. The van der Waals surface area contributed by atoms with E-state index in [1.54, 1.807) is 0 Å². The number of amides is 1. The topological polar surface area (TPSA) is 23.6 Å². The van der Waals surface area contributed by atoms with Crippen LogP contribution in [0.3, 0.4) is 0 Å². The van der Waals surface area contributed by atoms with Crippen LogP contribution in [-0.4, -0.2) is 48.9 Å². The van der Waals surface area contributed by atoms with Crippen LogP contribution >= 0.6 is 11.3 Å². The van der Waals surface area contributed by atoms with Crippen molar-refractivity contribution in [3.05, 3.63) is 69.6 Å². The van der Waals surface area contributed by atoms with Gasteiger partial charge in [0.15, 0.2) is 0 Å². The molecule has 0 aliphatic carbocycles. The average molecular weight is 407 g/mol. The molecule has 0 spiro atoms. The van der Waals surface area contributed by atoms with Crippen molar-refractivity contribution in [3.63, 3.8) is 0 Å². The number of likely N-dealkylation sites (N-methyl/N-ethyl adjacent to an activating group) is 1. The van der Waals surface area contributed by atoms with Gasteiger partial charge in [-0.15, -0.1) is 11.3 Å². The van der Waals surface area contributed by atoms with E-state index in [2.05, 4.69) is 62.2 Å². The average Bonchev–Trinajstić information content (AvgIpc) is 3.14. The molecule has 0 bridgehead atoms. The number of hydrogen-bond acceptors (Lipinski definition) is 3. The van der Waals surface area contributed by atoms with E-state index < -0.39 is 0 Å². The minimum Gasteiger partial charge on any atom is -0.338 e. The number of nitrogens with zero attached hydrogens (tertiary/aromatic N) is 2. The van der Waals surface area contributed by atoms with Gasteiger partial charge in [-0.1, -0.05) is 24.3 Å². The van der Waals surface area contributed by atoms with Crippen molar-refractivity contribution in [3.8, 4) is 0 Å². The molecule has 2 heterocycles. The molecular formula is C25H30N2OS. The molecule has 0 N–H and O–H groups in total. The number of hydrogen-bond donors (Lipinski definition) is 0. The molecule has 1 aliphatic rings. The maximum absolute atomic E-state index is 12.9. The Labute approximate surface area is 178 Å². The van der Waals surface area contributed by atoms with Gasteiger partial charge in [0.1, 0.15) is 0 Å². The summed E-state index contributed by atoms with van der Waals surface area (Å²) in [5.74, 6) is 0.210. The number of carbonyl (C=O) groups excluding carboxylic acids is 1. The van der Waals surface area contributed by atoms with Gasteiger partial charge in [0, 0.05) is 34.8 Å². The quantitative estimate of drug-likeness (QED) is 0.546. The summed E-state index contributed by atoms with van der Waals surface area (Å²) < 4.78 is 1.37. The van der Waals surface area contributed by atoms with Crippen molar-refractivity contribution in [2.75, 3.05) is 33.2 Å². The number of fused-ring (bicyclic) bond motifs is 2. The maximum atomic E-state index is 12.9. The number of carbonyl (C=O) groups is 1. The lowest BCUT2D eigenvalue weighted by Crippen LogP contribution is -2.39. The van der Waals surface area contributed by atoms with Gasteiger partial charge in [-0.2, -0.15) is 0 Å². The van der Waals surface area contributed by atoms with Crippen molar-refractivity contribution in [2.45, 2.75) is 33.1 Å². The van der Waals surface area contributed by atoms with Gasteiger partial charge in [-0.25, -0.2) is 0 Å². The summed E-state index contributed by atoms with van der Waals surface area (Å²) in [6.45, 7) is 8.04. The second-order valence-electron chi connectivity index (χ2n) is 8.23. The Morgan fingerprint density at radius 3 is 2.76 bits per heavy atom. The van der Waals surface area contributed by atoms with Gasteiger partial charge in [-0.3, -0.25) is 4.79 Å². The van der Waals surface area contributed by atoms with Crippen molar-refractivity contribution in [1.29, 1.82) is 0 Å². The predicted molar refractivity (Wildman–Crippen MR) is 123 cm³/mol. The van der Waals surface area contributed by atoms with Gasteiger partial charge in [0.05, 0.1) is 0 Å². The van der Waals surface area contributed by atoms with Gasteiger partial charge >= 0.3 is 0 Å². The molecule has 1 amide bonds. The number of rotatable bonds is 7. The van der Waals surface area contributed by atoms with Crippen LogP contribution in [-0.2, 0) is 12.8 Å². The predicted octanol–water partition coefficient (Wildman–Crippen LogP) is 5.08. The van der Waals surface area contributed by atoms with Crippen LogP contribution in [0.2, 0.25) is 0 Å². The minimum atomic E-state index is 0.210. The first kappa shape index (κ1) is 20.1. The standard InChI is InChI=1S/C25H30N2OS/c1-18-9-10-23-22(19(18)2)12-16-27(25(23)28)14-6-13-26(3)15-11-21-17-20-7-4-5-8-24(20)29-21/h4-5,7-10,17H,6,11-16H2,1-3H3. The van der Waals surface area contributed by atoms with E-state index >= 15 is 0 Å². The molecule has 0 saturated carbocycles. The lowest BCUT2D eigenvalue weighted by atomic mass is 9.91. The van der Waals surface area contributed by atoms with E-state index in [-0.39, 0.29) is 5.91 Å². The van der Waals surface area contributed by atoms with Crippen LogP contribution in [0.25, 0.3) is 10.1 Å². The third-order valence-electron chi connectivity index (χ3n) is 6.20. The van der Waals surface area contributed by atoms with E-state index in [9.17, 15) is 4.79 Å². The monoisotopic (exact) mass is 406 g/mol. The number of thiophene rings is 1. The van der Waals surface area contributed by atoms with E-state index in [4.69, 9.17) is 0 Å². The second kappa shape index (κ2) is 8.68. The fourth-order valence-corrected chi connectivity index (χ4v) is 5.29. The highest BCUT2D eigenvalue weighted by Gasteiger charge is 2.25. The number of aryl methyl sites for hydroxylation is 1. The Morgan fingerprint density at radius 1 is 1.10 bits per heavy atom. The van der Waals surface area contributed by atoms with Crippen molar-refractivity contribution in [2.24, 2.45) is 0 Å². The smallest absolute Gasteiger partial charge is 0.254 e. The maximum Gasteiger partial charge on any atom is 0.254 e. The van der Waals surface area contributed by atoms with Crippen LogP contribution in [0.5, 0.6) is 0 Å². The molecule has 0 unspecified atom stereocenters. The van der Waals surface area contributed by atoms with E-state index in [0.717, 1.165) is 51.0 Å². The highest BCUT2D eigenvalue weighted by atomic mass is 32.1. The Hall–Kier alpha value is -2.17. The normalized spacial score (nSPS) is 14.1. The molecule has 3 aromatic rings. The van der Waals surface area contributed by atoms with Crippen LogP contribution < -0.4 is 0 Å². The summed E-state index contributed by atoms with van der Waals surface area (Å²) in [5, 5.41) is 1.35. The summed E-state index contributed by atoms with van der Waals surface area (Å²) in [4.78, 5) is 18.7. The second-order valence-corrected chi connectivity index (χ2v) is 9.40. The molecule has 4 rings (SSSR count). The summed E-state index contributed by atoms with van der Waals surface area (Å²) in [6, 6.07) is 15.0. The molecule has 3 nitrogen and oxygen atoms in total. The largest absolute Gasteiger partial charge is 0.338 e. The molecule has 29 heavy (non-hydrogen) atoms. The molecule has 0 fully saturated rings. The molecule has 0 radical (unpaired) electrons. The lowest BCUT2D eigenvalue weighted by Gasteiger charge is -2.30. The van der Waals surface area contributed by atoms with Gasteiger partial charge < -0.3 is 9.80 Å². The van der Waals surface area contributed by atoms with Gasteiger partial charge in [0.2, 0.25) is 0 Å². The van der Waals surface area contributed by atoms with E-state index in [1.807, 2.05) is 22.3 Å². The molecule has 4 heteroatoms. The molecule has 1 aliphatic heterocycles. The van der Waals surface area contributed by atoms with Crippen molar-refractivity contribution >= 4 is 27.3 Å². The summed E-state index contributed by atoms with van der Waals surface area (Å²) >= 11 is 1.90. The Morgan fingerprint density at radius 2 is 1.93 bits per heavy atom. The highest BCUT2D eigenvalue weighted by molar-refractivity contribution is 7.19. The molecule has 0 atom stereocenters. The third kappa shape index (κ3) is 4.39. The van der Waals surface area contributed by atoms with Crippen LogP contribution in [0.1, 0.15) is 38.3 Å². The van der Waals surface area contributed by atoms with Crippen LogP contribution in [0.15, 0.2) is 42.5 Å². The summed E-state index contributed by atoms with van der Waals surface area (Å²) in [6.07, 6.45) is 3.09. The van der Waals surface area contributed by atoms with Crippen molar-refractivity contribution < 1.29 is 4.79 Å². The van der Waals surface area contributed by atoms with Crippen LogP contribution in [0.4, 0.5) is 0 Å². The fraction of sp³-hybridized carbons (Fsp3) is 0.400. The van der Waals surface area contributed by atoms with Crippen molar-refractivity contribution in [1.82, 2.24) is 9.80 Å². The zero-order valence-corrected chi connectivity index (χ0v) is 18.5. The summed E-state index contributed by atoms with van der Waals surface area (Å²) in [7, 11) is 2.19.